The molecule has 0 bridgehead atoms. The van der Waals surface area contributed by atoms with Gasteiger partial charge in [0.15, 0.2) is 0 Å². The van der Waals surface area contributed by atoms with E-state index in [9.17, 15) is 0 Å². The number of benzene rings is 2. The van der Waals surface area contributed by atoms with E-state index in [1.807, 2.05) is 0 Å². The molecule has 0 spiro atoms. The Bertz CT molecular complexity index is 511. The first-order valence-electron chi connectivity index (χ1n) is 7.12. The van der Waals surface area contributed by atoms with Gasteiger partial charge in [-0.1, -0.05) is 24.3 Å². The van der Waals surface area contributed by atoms with E-state index in [0.717, 1.165) is 13.1 Å². The van der Waals surface area contributed by atoms with Crippen LogP contribution in [0.3, 0.4) is 0 Å². The quantitative estimate of drug-likeness (QED) is 0.812. The maximum atomic E-state index is 2.30. The summed E-state index contributed by atoms with van der Waals surface area (Å²) in [5.74, 6) is 0. The predicted octanol–water partition coefficient (Wildman–Crippen LogP) is 3.88. The van der Waals surface area contributed by atoms with E-state index in [2.05, 4.69) is 86.3 Å². The Kier molecular flexibility index (Phi) is 4.67. The molecule has 0 aliphatic heterocycles. The Labute approximate surface area is 122 Å². The van der Waals surface area contributed by atoms with Crippen molar-refractivity contribution in [3.63, 3.8) is 0 Å². The largest absolute Gasteiger partial charge is 0.373 e. The molecular formula is C18H24N2. The summed E-state index contributed by atoms with van der Waals surface area (Å²) in [5.41, 5.74) is 5.17. The average molecular weight is 268 g/mol. The maximum Gasteiger partial charge on any atom is 0.0366 e. The first-order valence-corrected chi connectivity index (χ1v) is 7.12. The molecule has 2 aromatic rings. The summed E-state index contributed by atoms with van der Waals surface area (Å²) in [6.45, 7) is 6.29. The number of hydrogen-bond acceptors (Lipinski definition) is 2. The summed E-state index contributed by atoms with van der Waals surface area (Å²) in [6.07, 6.45) is 0. The van der Waals surface area contributed by atoms with E-state index in [-0.39, 0.29) is 0 Å². The minimum atomic E-state index is 1.01. The van der Waals surface area contributed by atoms with Gasteiger partial charge in [-0.15, -0.1) is 0 Å². The molecule has 2 aromatic carbocycles. The lowest BCUT2D eigenvalue weighted by molar-refractivity contribution is 0.832. The van der Waals surface area contributed by atoms with Gasteiger partial charge in [0.25, 0.3) is 0 Å². The van der Waals surface area contributed by atoms with Gasteiger partial charge >= 0.3 is 0 Å². The van der Waals surface area contributed by atoms with E-state index in [0.29, 0.717) is 0 Å². The van der Waals surface area contributed by atoms with Crippen LogP contribution in [0, 0.1) is 13.8 Å². The normalized spacial score (nSPS) is 10.4. The standard InChI is InChI=1S/C18H24N2/c1-15-7-5-9-17(13-15)19(3)11-12-20(4)18-10-6-8-16(2)14-18/h5-10,13-14H,11-12H2,1-4H3. The highest BCUT2D eigenvalue weighted by Gasteiger charge is 2.04. The Morgan fingerprint density at radius 3 is 1.45 bits per heavy atom. The van der Waals surface area contributed by atoms with Crippen molar-refractivity contribution in [1.82, 2.24) is 0 Å². The van der Waals surface area contributed by atoms with E-state index in [1.165, 1.54) is 22.5 Å². The maximum absolute atomic E-state index is 2.30. The van der Waals surface area contributed by atoms with Gasteiger partial charge in [-0.05, 0) is 49.2 Å². The van der Waals surface area contributed by atoms with Crippen molar-refractivity contribution in [2.24, 2.45) is 0 Å². The Hall–Kier alpha value is -1.96. The molecule has 0 heterocycles. The van der Waals surface area contributed by atoms with Gasteiger partial charge in [0, 0.05) is 38.6 Å². The van der Waals surface area contributed by atoms with Crippen LogP contribution in [-0.4, -0.2) is 27.2 Å². The summed E-state index contributed by atoms with van der Waals surface area (Å²) >= 11 is 0. The molecule has 2 rings (SSSR count). The lowest BCUT2D eigenvalue weighted by Crippen LogP contribution is -2.30. The summed E-state index contributed by atoms with van der Waals surface area (Å²) in [4.78, 5) is 4.61. The number of likely N-dealkylation sites (N-methyl/N-ethyl adjacent to an activating group) is 2. The van der Waals surface area contributed by atoms with E-state index in [4.69, 9.17) is 0 Å². The molecule has 0 atom stereocenters. The molecule has 0 saturated carbocycles. The van der Waals surface area contributed by atoms with Crippen LogP contribution in [0.25, 0.3) is 0 Å². The summed E-state index contributed by atoms with van der Waals surface area (Å²) in [7, 11) is 4.30. The van der Waals surface area contributed by atoms with E-state index in [1.54, 1.807) is 0 Å². The minimum Gasteiger partial charge on any atom is -0.373 e. The number of rotatable bonds is 5. The van der Waals surface area contributed by atoms with Gasteiger partial charge in [-0.25, -0.2) is 0 Å². The van der Waals surface area contributed by atoms with Crippen LogP contribution < -0.4 is 9.80 Å². The first kappa shape index (κ1) is 14.4. The molecule has 0 aromatic heterocycles. The third-order valence-electron chi connectivity index (χ3n) is 3.66. The van der Waals surface area contributed by atoms with Crippen molar-refractivity contribution in [3.8, 4) is 0 Å². The lowest BCUT2D eigenvalue weighted by Gasteiger charge is -2.25. The highest BCUT2D eigenvalue weighted by atomic mass is 15.2. The van der Waals surface area contributed by atoms with E-state index >= 15 is 0 Å². The molecule has 106 valence electrons. The first-order chi connectivity index (χ1) is 9.56. The van der Waals surface area contributed by atoms with Crippen molar-refractivity contribution in [2.45, 2.75) is 13.8 Å². The summed E-state index contributed by atoms with van der Waals surface area (Å²) < 4.78 is 0. The van der Waals surface area contributed by atoms with Gasteiger partial charge in [-0.2, -0.15) is 0 Å². The lowest BCUT2D eigenvalue weighted by atomic mass is 10.2. The fourth-order valence-electron chi connectivity index (χ4n) is 2.29. The van der Waals surface area contributed by atoms with Crippen LogP contribution in [0.2, 0.25) is 0 Å². The number of anilines is 2. The van der Waals surface area contributed by atoms with Crippen LogP contribution in [-0.2, 0) is 0 Å². The Balaban J connectivity index is 1.94. The average Bonchev–Trinajstić information content (AvgIpc) is 2.44. The number of nitrogens with zero attached hydrogens (tertiary/aromatic N) is 2. The fraction of sp³-hybridized carbons (Fsp3) is 0.333. The zero-order valence-electron chi connectivity index (χ0n) is 12.9. The van der Waals surface area contributed by atoms with Crippen molar-refractivity contribution in [1.29, 1.82) is 0 Å². The predicted molar refractivity (Wildman–Crippen MR) is 88.9 cm³/mol. The van der Waals surface area contributed by atoms with Crippen molar-refractivity contribution < 1.29 is 0 Å². The molecule has 0 radical (unpaired) electrons. The molecule has 0 aliphatic carbocycles. The van der Waals surface area contributed by atoms with Gasteiger partial charge in [0.2, 0.25) is 0 Å². The minimum absolute atomic E-state index is 1.01. The van der Waals surface area contributed by atoms with Crippen molar-refractivity contribution in [3.05, 3.63) is 59.7 Å². The molecular weight excluding hydrogens is 244 g/mol. The Morgan fingerprint density at radius 1 is 0.700 bits per heavy atom. The molecule has 0 fully saturated rings. The third kappa shape index (κ3) is 3.77. The molecule has 2 nitrogen and oxygen atoms in total. The van der Waals surface area contributed by atoms with Gasteiger partial charge in [0.05, 0.1) is 0 Å². The molecule has 0 aliphatic rings. The second kappa shape index (κ2) is 6.47. The highest BCUT2D eigenvalue weighted by molar-refractivity contribution is 5.50. The topological polar surface area (TPSA) is 6.48 Å². The smallest absolute Gasteiger partial charge is 0.0366 e. The van der Waals surface area contributed by atoms with Gasteiger partial charge in [-0.3, -0.25) is 0 Å². The van der Waals surface area contributed by atoms with Crippen LogP contribution in [0.5, 0.6) is 0 Å². The second-order valence-electron chi connectivity index (χ2n) is 5.52. The Morgan fingerprint density at radius 2 is 1.10 bits per heavy atom. The monoisotopic (exact) mass is 268 g/mol. The van der Waals surface area contributed by atoms with Crippen molar-refractivity contribution in [2.75, 3.05) is 37.0 Å². The van der Waals surface area contributed by atoms with Crippen LogP contribution in [0.1, 0.15) is 11.1 Å². The SMILES string of the molecule is Cc1cccc(N(C)CCN(C)c2cccc(C)c2)c1. The molecule has 2 heteroatoms. The fourth-order valence-corrected chi connectivity index (χ4v) is 2.29. The summed E-state index contributed by atoms with van der Waals surface area (Å²) in [5, 5.41) is 0. The van der Waals surface area contributed by atoms with Gasteiger partial charge < -0.3 is 9.80 Å². The van der Waals surface area contributed by atoms with Crippen molar-refractivity contribution >= 4 is 11.4 Å². The summed E-state index contributed by atoms with van der Waals surface area (Å²) in [6, 6.07) is 17.3. The third-order valence-corrected chi connectivity index (χ3v) is 3.66. The van der Waals surface area contributed by atoms with Crippen LogP contribution >= 0.6 is 0 Å². The zero-order chi connectivity index (χ0) is 14.5. The molecule has 20 heavy (non-hydrogen) atoms. The molecule has 0 unspecified atom stereocenters. The second-order valence-corrected chi connectivity index (χ2v) is 5.52. The number of hydrogen-bond donors (Lipinski definition) is 0. The van der Waals surface area contributed by atoms with E-state index < -0.39 is 0 Å². The van der Waals surface area contributed by atoms with Crippen LogP contribution in [0.15, 0.2) is 48.5 Å². The number of aryl methyl sites for hydroxylation is 2. The van der Waals surface area contributed by atoms with Crippen LogP contribution in [0.4, 0.5) is 11.4 Å². The molecule has 0 saturated heterocycles. The van der Waals surface area contributed by atoms with Gasteiger partial charge in [0.1, 0.15) is 0 Å². The zero-order valence-corrected chi connectivity index (χ0v) is 12.9. The highest BCUT2D eigenvalue weighted by Crippen LogP contribution is 2.16. The molecule has 0 amide bonds. The molecule has 0 N–H and O–H groups in total.